The molecule has 0 aliphatic carbocycles. The maximum absolute atomic E-state index is 4.34. The Labute approximate surface area is 77.7 Å². The van der Waals surface area contributed by atoms with Gasteiger partial charge in [0.15, 0.2) is 0 Å². The summed E-state index contributed by atoms with van der Waals surface area (Å²) in [5, 5.41) is 2.09. The van der Waals surface area contributed by atoms with Gasteiger partial charge in [0.1, 0.15) is 5.82 Å². The maximum atomic E-state index is 4.34. The zero-order valence-corrected chi connectivity index (χ0v) is 8.56. The van der Waals surface area contributed by atoms with Gasteiger partial charge in [-0.25, -0.2) is 4.98 Å². The van der Waals surface area contributed by atoms with Crippen molar-refractivity contribution >= 4 is 17.8 Å². The Bertz CT molecular complexity index is 276. The molecule has 0 atom stereocenters. The van der Waals surface area contributed by atoms with Crippen LogP contribution in [0.1, 0.15) is 18.4 Å². The minimum atomic E-state index is 1.02. The third-order valence-electron chi connectivity index (χ3n) is 1.51. The molecule has 0 spiro atoms. The second-order valence-corrected chi connectivity index (χ2v) is 3.79. The molecule has 0 amide bonds. The number of rotatable bonds is 3. The summed E-state index contributed by atoms with van der Waals surface area (Å²) in [6, 6.07) is 0. The molecule has 0 unspecified atom stereocenters. The maximum Gasteiger partial charge on any atom is 0.133 e. The van der Waals surface area contributed by atoms with Crippen LogP contribution in [0.5, 0.6) is 0 Å². The zero-order chi connectivity index (χ0) is 8.97. The van der Waals surface area contributed by atoms with Crippen molar-refractivity contribution in [3.05, 3.63) is 23.1 Å². The van der Waals surface area contributed by atoms with Gasteiger partial charge in [-0.05, 0) is 24.2 Å². The molecule has 0 aromatic carbocycles. The van der Waals surface area contributed by atoms with E-state index < -0.39 is 0 Å². The molecule has 0 radical (unpaired) electrons. The van der Waals surface area contributed by atoms with Crippen LogP contribution in [0.25, 0.3) is 6.08 Å². The predicted octanol–water partition coefficient (Wildman–Crippen LogP) is 2.45. The summed E-state index contributed by atoms with van der Waals surface area (Å²) in [5.41, 5.74) is 1.07. The van der Waals surface area contributed by atoms with Gasteiger partial charge in [-0.2, -0.15) is 0 Å². The largest absolute Gasteiger partial charge is 0.334 e. The Balaban J connectivity index is 2.68. The second kappa shape index (κ2) is 4.36. The fourth-order valence-electron chi connectivity index (χ4n) is 0.995. The summed E-state index contributed by atoms with van der Waals surface area (Å²) in [6.07, 6.45) is 4.07. The van der Waals surface area contributed by atoms with E-state index in [1.54, 1.807) is 11.8 Å². The summed E-state index contributed by atoms with van der Waals surface area (Å²) < 4.78 is 2.03. The Kier molecular flexibility index (Phi) is 3.41. The van der Waals surface area contributed by atoms with Crippen molar-refractivity contribution in [3.8, 4) is 0 Å². The van der Waals surface area contributed by atoms with Crippen LogP contribution in [0.2, 0.25) is 0 Å². The van der Waals surface area contributed by atoms with Crippen LogP contribution in [0.3, 0.4) is 0 Å². The molecule has 0 N–H and O–H groups in total. The summed E-state index contributed by atoms with van der Waals surface area (Å²) in [5.74, 6) is 2.13. The summed E-state index contributed by atoms with van der Waals surface area (Å²) in [4.78, 5) is 4.34. The number of aromatic nitrogens is 2. The normalized spacial score (nSPS) is 11.2. The van der Waals surface area contributed by atoms with Crippen LogP contribution in [0.4, 0.5) is 0 Å². The van der Waals surface area contributed by atoms with E-state index in [-0.39, 0.29) is 0 Å². The molecule has 0 saturated carbocycles. The van der Waals surface area contributed by atoms with E-state index in [4.69, 9.17) is 0 Å². The molecule has 1 heterocycles. The second-order valence-electron chi connectivity index (χ2n) is 2.61. The van der Waals surface area contributed by atoms with Crippen LogP contribution in [-0.4, -0.2) is 15.3 Å². The van der Waals surface area contributed by atoms with Gasteiger partial charge in [-0.15, -0.1) is 11.8 Å². The Morgan fingerprint density at radius 2 is 2.42 bits per heavy atom. The first-order valence-corrected chi connectivity index (χ1v) is 5.07. The number of hydrogen-bond acceptors (Lipinski definition) is 2. The van der Waals surface area contributed by atoms with Crippen molar-refractivity contribution in [2.75, 3.05) is 5.75 Å². The van der Waals surface area contributed by atoms with Gasteiger partial charge >= 0.3 is 0 Å². The average Bonchev–Trinajstić information content (AvgIpc) is 2.31. The molecule has 2 nitrogen and oxygen atoms in total. The highest BCUT2D eigenvalue weighted by molar-refractivity contribution is 8.02. The monoisotopic (exact) mass is 182 g/mol. The molecule has 1 rings (SSSR count). The van der Waals surface area contributed by atoms with E-state index >= 15 is 0 Å². The number of hydrogen-bond donors (Lipinski definition) is 0. The summed E-state index contributed by atoms with van der Waals surface area (Å²) in [7, 11) is 2.01. The van der Waals surface area contributed by atoms with Crippen LogP contribution in [0.15, 0.2) is 11.6 Å². The van der Waals surface area contributed by atoms with Crippen molar-refractivity contribution < 1.29 is 0 Å². The van der Waals surface area contributed by atoms with Gasteiger partial charge in [0.25, 0.3) is 0 Å². The number of thioether (sulfide) groups is 1. The lowest BCUT2D eigenvalue weighted by molar-refractivity contribution is 0.897. The van der Waals surface area contributed by atoms with Crippen LogP contribution in [-0.2, 0) is 7.05 Å². The number of aryl methyl sites for hydroxylation is 2. The molecule has 3 heteroatoms. The van der Waals surface area contributed by atoms with E-state index in [1.807, 2.05) is 30.8 Å². The highest BCUT2D eigenvalue weighted by Crippen LogP contribution is 2.07. The Morgan fingerprint density at radius 1 is 1.67 bits per heavy atom. The molecule has 0 fully saturated rings. The summed E-state index contributed by atoms with van der Waals surface area (Å²) >= 11 is 1.79. The first kappa shape index (κ1) is 9.39. The topological polar surface area (TPSA) is 17.8 Å². The van der Waals surface area contributed by atoms with E-state index in [2.05, 4.69) is 17.3 Å². The van der Waals surface area contributed by atoms with Crippen LogP contribution >= 0.6 is 11.8 Å². The SMILES string of the molecule is CCSC=Cc1nc(C)cn1C. The van der Waals surface area contributed by atoms with E-state index in [0.29, 0.717) is 0 Å². The quantitative estimate of drug-likeness (QED) is 0.714. The van der Waals surface area contributed by atoms with Gasteiger partial charge in [-0.1, -0.05) is 6.92 Å². The lowest BCUT2D eigenvalue weighted by Gasteiger charge is -1.92. The number of nitrogens with zero attached hydrogens (tertiary/aromatic N) is 2. The van der Waals surface area contributed by atoms with Crippen molar-refractivity contribution in [1.82, 2.24) is 9.55 Å². The fourth-order valence-corrected chi connectivity index (χ4v) is 1.41. The zero-order valence-electron chi connectivity index (χ0n) is 7.74. The molecule has 12 heavy (non-hydrogen) atoms. The smallest absolute Gasteiger partial charge is 0.133 e. The van der Waals surface area contributed by atoms with Gasteiger partial charge in [0.05, 0.1) is 5.69 Å². The lowest BCUT2D eigenvalue weighted by Crippen LogP contribution is -1.88. The molecule has 0 aliphatic rings. The molecule has 66 valence electrons. The molecular formula is C9H14N2S. The van der Waals surface area contributed by atoms with Crippen molar-refractivity contribution in [2.45, 2.75) is 13.8 Å². The first-order chi connectivity index (χ1) is 5.74. The van der Waals surface area contributed by atoms with Gasteiger partial charge < -0.3 is 4.57 Å². The average molecular weight is 182 g/mol. The van der Waals surface area contributed by atoms with E-state index in [9.17, 15) is 0 Å². The highest BCUT2D eigenvalue weighted by Gasteiger charge is 1.95. The highest BCUT2D eigenvalue weighted by atomic mass is 32.2. The molecule has 1 aromatic rings. The third kappa shape index (κ3) is 2.41. The Hall–Kier alpha value is -0.700. The van der Waals surface area contributed by atoms with Gasteiger partial charge in [-0.3, -0.25) is 0 Å². The third-order valence-corrected chi connectivity index (χ3v) is 2.17. The van der Waals surface area contributed by atoms with Crippen molar-refractivity contribution in [1.29, 1.82) is 0 Å². The summed E-state index contributed by atoms with van der Waals surface area (Å²) in [6.45, 7) is 4.14. The van der Waals surface area contributed by atoms with E-state index in [1.165, 1.54) is 0 Å². The van der Waals surface area contributed by atoms with Crippen molar-refractivity contribution in [3.63, 3.8) is 0 Å². The van der Waals surface area contributed by atoms with Crippen LogP contribution in [0, 0.1) is 6.92 Å². The van der Waals surface area contributed by atoms with Crippen molar-refractivity contribution in [2.24, 2.45) is 7.05 Å². The van der Waals surface area contributed by atoms with Gasteiger partial charge in [0, 0.05) is 13.2 Å². The molecule has 1 aromatic heterocycles. The molecule has 0 bridgehead atoms. The van der Waals surface area contributed by atoms with Crippen LogP contribution < -0.4 is 0 Å². The Morgan fingerprint density at radius 3 is 2.92 bits per heavy atom. The minimum Gasteiger partial charge on any atom is -0.334 e. The van der Waals surface area contributed by atoms with E-state index in [0.717, 1.165) is 17.3 Å². The molecular weight excluding hydrogens is 168 g/mol. The lowest BCUT2D eigenvalue weighted by atomic mass is 10.6. The number of imidazole rings is 1. The first-order valence-electron chi connectivity index (χ1n) is 4.02. The molecule has 0 aliphatic heterocycles. The minimum absolute atomic E-state index is 1.02. The molecule has 0 saturated heterocycles. The standard InChI is InChI=1S/C9H14N2S/c1-4-12-6-5-9-10-8(2)7-11(9)3/h5-7H,4H2,1-3H3. The van der Waals surface area contributed by atoms with Gasteiger partial charge in [0.2, 0.25) is 0 Å². The fraction of sp³-hybridized carbons (Fsp3) is 0.444. The predicted molar refractivity (Wildman–Crippen MR) is 55.1 cm³/mol.